The Morgan fingerprint density at radius 2 is 1.48 bits per heavy atom. The smallest absolute Gasteiger partial charge is 0.129 e. The maximum absolute atomic E-state index is 9.56. The van der Waals surface area contributed by atoms with Crippen LogP contribution in [0.5, 0.6) is 11.5 Å². The molecule has 0 aromatic heterocycles. The van der Waals surface area contributed by atoms with E-state index in [4.69, 9.17) is 9.73 Å². The predicted molar refractivity (Wildman–Crippen MR) is 107 cm³/mol. The first kappa shape index (κ1) is 17.2. The third kappa shape index (κ3) is 3.51. The third-order valence-electron chi connectivity index (χ3n) is 4.91. The molecule has 4 rings (SSSR count). The first-order valence-electron chi connectivity index (χ1n) is 8.98. The van der Waals surface area contributed by atoms with Crippen molar-refractivity contribution in [3.63, 3.8) is 0 Å². The molecule has 0 saturated carbocycles. The molecule has 1 aliphatic rings. The standard InChI is InChI=1S/C23H22N2O2/c1-15-3-5-16(6-4-15)21-22(17-9-13-20(27-2)14-10-17)25-23(24-21)18-7-11-19(26)12-8-18/h3-14,21-22,26H,1-2H3,(H,24,25). The molecular weight excluding hydrogens is 336 g/mol. The Morgan fingerprint density at radius 3 is 2.11 bits per heavy atom. The molecule has 0 fully saturated rings. The van der Waals surface area contributed by atoms with Crippen molar-refractivity contribution >= 4 is 5.84 Å². The highest BCUT2D eigenvalue weighted by atomic mass is 16.5. The monoisotopic (exact) mass is 358 g/mol. The number of rotatable bonds is 4. The summed E-state index contributed by atoms with van der Waals surface area (Å²) in [6.07, 6.45) is 0. The topological polar surface area (TPSA) is 53.9 Å². The van der Waals surface area contributed by atoms with Crippen molar-refractivity contribution in [2.24, 2.45) is 4.99 Å². The second-order valence-electron chi connectivity index (χ2n) is 6.78. The van der Waals surface area contributed by atoms with Gasteiger partial charge in [0.25, 0.3) is 0 Å². The van der Waals surface area contributed by atoms with Crippen LogP contribution in [0.4, 0.5) is 0 Å². The lowest BCUT2D eigenvalue weighted by Gasteiger charge is -2.20. The summed E-state index contributed by atoms with van der Waals surface area (Å²) in [6.45, 7) is 2.09. The highest BCUT2D eigenvalue weighted by Gasteiger charge is 2.31. The first-order chi connectivity index (χ1) is 13.1. The number of hydrogen-bond acceptors (Lipinski definition) is 4. The Balaban J connectivity index is 1.72. The van der Waals surface area contributed by atoms with Crippen LogP contribution < -0.4 is 10.1 Å². The van der Waals surface area contributed by atoms with E-state index in [9.17, 15) is 5.11 Å². The zero-order valence-electron chi connectivity index (χ0n) is 15.4. The molecule has 0 spiro atoms. The second-order valence-corrected chi connectivity index (χ2v) is 6.78. The van der Waals surface area contributed by atoms with Gasteiger partial charge in [-0.25, -0.2) is 0 Å². The number of benzene rings is 3. The third-order valence-corrected chi connectivity index (χ3v) is 4.91. The van der Waals surface area contributed by atoms with Crippen molar-refractivity contribution < 1.29 is 9.84 Å². The lowest BCUT2D eigenvalue weighted by molar-refractivity contribution is 0.414. The fraction of sp³-hybridized carbons (Fsp3) is 0.174. The van der Waals surface area contributed by atoms with Crippen molar-refractivity contribution in [2.75, 3.05) is 7.11 Å². The molecule has 0 bridgehead atoms. The molecule has 1 aliphatic heterocycles. The fourth-order valence-corrected chi connectivity index (χ4v) is 3.36. The summed E-state index contributed by atoms with van der Waals surface area (Å²) in [5.74, 6) is 1.92. The number of nitrogens with zero attached hydrogens (tertiary/aromatic N) is 1. The number of ether oxygens (including phenoxy) is 1. The number of aromatic hydroxyl groups is 1. The lowest BCUT2D eigenvalue weighted by atomic mass is 9.94. The normalized spacial score (nSPS) is 18.7. The zero-order valence-corrected chi connectivity index (χ0v) is 15.4. The number of aliphatic imine (C=N–C) groups is 1. The number of aryl methyl sites for hydroxylation is 1. The van der Waals surface area contributed by atoms with Gasteiger partial charge in [-0.05, 0) is 54.4 Å². The minimum Gasteiger partial charge on any atom is -0.508 e. The van der Waals surface area contributed by atoms with E-state index in [0.29, 0.717) is 0 Å². The summed E-state index contributed by atoms with van der Waals surface area (Å²) >= 11 is 0. The average molecular weight is 358 g/mol. The molecule has 27 heavy (non-hydrogen) atoms. The Kier molecular flexibility index (Phi) is 4.55. The minimum absolute atomic E-state index is 0.0394. The molecule has 0 saturated heterocycles. The van der Waals surface area contributed by atoms with Crippen LogP contribution in [-0.2, 0) is 0 Å². The molecule has 2 unspecified atom stereocenters. The summed E-state index contributed by atoms with van der Waals surface area (Å²) < 4.78 is 5.28. The van der Waals surface area contributed by atoms with Crippen molar-refractivity contribution in [2.45, 2.75) is 19.0 Å². The predicted octanol–water partition coefficient (Wildman–Crippen LogP) is 4.54. The van der Waals surface area contributed by atoms with E-state index >= 15 is 0 Å². The van der Waals surface area contributed by atoms with Crippen LogP contribution in [0.2, 0.25) is 0 Å². The Hall–Kier alpha value is -3.27. The van der Waals surface area contributed by atoms with Crippen LogP contribution in [-0.4, -0.2) is 18.1 Å². The van der Waals surface area contributed by atoms with Crippen molar-refractivity contribution in [1.82, 2.24) is 5.32 Å². The average Bonchev–Trinajstić information content (AvgIpc) is 3.14. The number of nitrogens with one attached hydrogen (secondary N) is 1. The minimum atomic E-state index is -0.0394. The van der Waals surface area contributed by atoms with Crippen LogP contribution in [0, 0.1) is 6.92 Å². The Labute approximate surface area is 159 Å². The maximum atomic E-state index is 9.56. The summed E-state index contributed by atoms with van der Waals surface area (Å²) in [5.41, 5.74) is 4.51. The van der Waals surface area contributed by atoms with Gasteiger partial charge in [0.05, 0.1) is 13.2 Å². The molecule has 1 heterocycles. The van der Waals surface area contributed by atoms with Crippen LogP contribution in [0.1, 0.15) is 34.3 Å². The molecule has 4 nitrogen and oxygen atoms in total. The van der Waals surface area contributed by atoms with Crippen molar-refractivity contribution in [1.29, 1.82) is 0 Å². The molecule has 2 N–H and O–H groups in total. The Bertz CT molecular complexity index is 945. The number of hydrogen-bond donors (Lipinski definition) is 2. The number of phenols is 1. The molecule has 136 valence electrons. The van der Waals surface area contributed by atoms with E-state index in [-0.39, 0.29) is 17.8 Å². The van der Waals surface area contributed by atoms with E-state index < -0.39 is 0 Å². The van der Waals surface area contributed by atoms with E-state index in [2.05, 4.69) is 48.6 Å². The Morgan fingerprint density at radius 1 is 0.852 bits per heavy atom. The fourth-order valence-electron chi connectivity index (χ4n) is 3.36. The second kappa shape index (κ2) is 7.16. The summed E-state index contributed by atoms with van der Waals surface area (Å²) in [7, 11) is 1.67. The molecule has 3 aromatic carbocycles. The number of phenolic OH excluding ortho intramolecular Hbond substituents is 1. The van der Waals surface area contributed by atoms with Gasteiger partial charge in [0.15, 0.2) is 0 Å². The van der Waals surface area contributed by atoms with Gasteiger partial charge >= 0.3 is 0 Å². The zero-order chi connectivity index (χ0) is 18.8. The summed E-state index contributed by atoms with van der Waals surface area (Å²) in [6, 6.07) is 23.7. The quantitative estimate of drug-likeness (QED) is 0.720. The molecule has 3 aromatic rings. The molecule has 0 aliphatic carbocycles. The number of methoxy groups -OCH3 is 1. The summed E-state index contributed by atoms with van der Waals surface area (Å²) in [5, 5.41) is 13.1. The van der Waals surface area contributed by atoms with Gasteiger partial charge < -0.3 is 15.2 Å². The molecular formula is C23H22N2O2. The van der Waals surface area contributed by atoms with E-state index in [0.717, 1.165) is 22.7 Å². The molecule has 2 atom stereocenters. The number of amidine groups is 1. The van der Waals surface area contributed by atoms with Crippen LogP contribution in [0.15, 0.2) is 77.8 Å². The first-order valence-corrected chi connectivity index (χ1v) is 8.98. The lowest BCUT2D eigenvalue weighted by Crippen LogP contribution is -2.25. The van der Waals surface area contributed by atoms with Crippen molar-refractivity contribution in [3.8, 4) is 11.5 Å². The van der Waals surface area contributed by atoms with Crippen LogP contribution in [0.25, 0.3) is 0 Å². The van der Waals surface area contributed by atoms with Crippen LogP contribution >= 0.6 is 0 Å². The molecule has 4 heteroatoms. The van der Waals surface area contributed by atoms with E-state index in [1.165, 1.54) is 11.1 Å². The van der Waals surface area contributed by atoms with Gasteiger partial charge in [0.1, 0.15) is 23.4 Å². The van der Waals surface area contributed by atoms with Crippen LogP contribution in [0.3, 0.4) is 0 Å². The molecule has 0 radical (unpaired) electrons. The van der Waals surface area contributed by atoms with Gasteiger partial charge in [0.2, 0.25) is 0 Å². The van der Waals surface area contributed by atoms with Crippen molar-refractivity contribution in [3.05, 3.63) is 95.1 Å². The van der Waals surface area contributed by atoms with Gasteiger partial charge in [-0.15, -0.1) is 0 Å². The highest BCUT2D eigenvalue weighted by molar-refractivity contribution is 6.00. The van der Waals surface area contributed by atoms with Gasteiger partial charge in [0, 0.05) is 5.56 Å². The summed E-state index contributed by atoms with van der Waals surface area (Å²) in [4.78, 5) is 4.98. The SMILES string of the molecule is COc1ccc(C2N=C(c3ccc(O)cc3)NC2c2ccc(C)cc2)cc1. The largest absolute Gasteiger partial charge is 0.508 e. The van der Waals surface area contributed by atoms with Gasteiger partial charge in [-0.2, -0.15) is 0 Å². The van der Waals surface area contributed by atoms with Gasteiger partial charge in [-0.1, -0.05) is 42.0 Å². The van der Waals surface area contributed by atoms with Gasteiger partial charge in [-0.3, -0.25) is 4.99 Å². The van der Waals surface area contributed by atoms with E-state index in [1.54, 1.807) is 19.2 Å². The van der Waals surface area contributed by atoms with E-state index in [1.807, 2.05) is 24.3 Å². The molecule has 0 amide bonds. The highest BCUT2D eigenvalue weighted by Crippen LogP contribution is 2.37. The maximum Gasteiger partial charge on any atom is 0.129 e.